The Morgan fingerprint density at radius 3 is 2.36 bits per heavy atom. The molecule has 5 atom stereocenters. The van der Waals surface area contributed by atoms with Gasteiger partial charge in [-0.05, 0) is 42.0 Å². The summed E-state index contributed by atoms with van der Waals surface area (Å²) in [6.07, 6.45) is 4.89. The number of nitrogens with zero attached hydrogens (tertiary/aromatic N) is 1. The summed E-state index contributed by atoms with van der Waals surface area (Å²) in [4.78, 5) is 53.6. The van der Waals surface area contributed by atoms with Gasteiger partial charge in [0.25, 0.3) is 5.91 Å². The molecule has 5 rings (SSSR count). The number of amides is 3. The highest BCUT2D eigenvalue weighted by Crippen LogP contribution is 2.53. The van der Waals surface area contributed by atoms with Gasteiger partial charge in [0.1, 0.15) is 11.8 Å². The average Bonchev–Trinajstić information content (AvgIpc) is 3.56. The maximum atomic E-state index is 13.4. The van der Waals surface area contributed by atoms with Crippen molar-refractivity contribution in [1.29, 1.82) is 0 Å². The number of halogens is 1. The van der Waals surface area contributed by atoms with E-state index in [0.717, 1.165) is 16.9 Å². The lowest BCUT2D eigenvalue weighted by Crippen LogP contribution is -2.48. The van der Waals surface area contributed by atoms with Crippen LogP contribution in [0, 0.1) is 23.7 Å². The molecule has 0 spiro atoms. The van der Waals surface area contributed by atoms with Crippen LogP contribution in [0.4, 0.5) is 5.69 Å². The van der Waals surface area contributed by atoms with Gasteiger partial charge >= 0.3 is 5.97 Å². The van der Waals surface area contributed by atoms with Gasteiger partial charge in [0.2, 0.25) is 11.8 Å². The van der Waals surface area contributed by atoms with Crippen LogP contribution in [0.25, 0.3) is 0 Å². The molecule has 9 heteroatoms. The number of allylic oxidation sites excluding steroid dienone is 2. The molecule has 2 bridgehead atoms. The van der Waals surface area contributed by atoms with E-state index in [2.05, 4.69) is 5.32 Å². The first kappa shape index (κ1) is 24.1. The summed E-state index contributed by atoms with van der Waals surface area (Å²) in [6, 6.07) is 12.7. The standard InChI is InChI=1S/C27H25ClN2O6/c1-35-21-10-9-18(28)13-19(21)29-22(31)14-36-27(34)20(11-15-5-3-2-4-6-15)30-25(32)23-16-7-8-17(12-16)24(23)26(30)33/h2-10,13,16-17,20,23-24H,11-12,14H2,1H3,(H,29,31)/t16-,17-,20-,23+,24+/m0/s1. The van der Waals surface area contributed by atoms with Crippen LogP contribution in [0.5, 0.6) is 5.75 Å². The highest BCUT2D eigenvalue weighted by molar-refractivity contribution is 6.31. The van der Waals surface area contributed by atoms with Gasteiger partial charge in [-0.1, -0.05) is 54.1 Å². The number of rotatable bonds is 8. The lowest BCUT2D eigenvalue weighted by molar-refractivity contribution is -0.160. The first-order chi connectivity index (χ1) is 17.4. The minimum absolute atomic E-state index is 0.0216. The Morgan fingerprint density at radius 1 is 1.06 bits per heavy atom. The fourth-order valence-electron chi connectivity index (χ4n) is 5.55. The first-order valence-electron chi connectivity index (χ1n) is 11.8. The topological polar surface area (TPSA) is 102 Å². The molecule has 8 nitrogen and oxygen atoms in total. The zero-order valence-electron chi connectivity index (χ0n) is 19.6. The summed E-state index contributed by atoms with van der Waals surface area (Å²) in [5, 5.41) is 3.00. The van der Waals surface area contributed by atoms with Gasteiger partial charge < -0.3 is 14.8 Å². The molecule has 3 amide bonds. The summed E-state index contributed by atoms with van der Waals surface area (Å²) in [5.41, 5.74) is 1.10. The van der Waals surface area contributed by atoms with E-state index in [1.807, 2.05) is 42.5 Å². The number of benzene rings is 2. The largest absolute Gasteiger partial charge is 0.495 e. The summed E-state index contributed by atoms with van der Waals surface area (Å²) in [6.45, 7) is -0.602. The number of fused-ring (bicyclic) bond motifs is 5. The molecule has 1 aliphatic heterocycles. The maximum Gasteiger partial charge on any atom is 0.330 e. The Kier molecular flexibility index (Phi) is 6.53. The molecule has 0 radical (unpaired) electrons. The van der Waals surface area contributed by atoms with Gasteiger partial charge in [0.05, 0.1) is 24.6 Å². The van der Waals surface area contributed by atoms with E-state index in [0.29, 0.717) is 16.5 Å². The van der Waals surface area contributed by atoms with Crippen molar-refractivity contribution in [3.8, 4) is 5.75 Å². The Hall–Kier alpha value is -3.65. The monoisotopic (exact) mass is 508 g/mol. The van der Waals surface area contributed by atoms with Crippen molar-refractivity contribution in [3.05, 3.63) is 71.3 Å². The molecule has 186 valence electrons. The van der Waals surface area contributed by atoms with Crippen molar-refractivity contribution in [2.45, 2.75) is 18.9 Å². The summed E-state index contributed by atoms with van der Waals surface area (Å²) >= 11 is 6.00. The molecule has 2 aromatic rings. The van der Waals surface area contributed by atoms with Crippen LogP contribution in [0.3, 0.4) is 0 Å². The van der Waals surface area contributed by atoms with Crippen LogP contribution in [-0.4, -0.2) is 48.3 Å². The van der Waals surface area contributed by atoms with E-state index < -0.39 is 36.4 Å². The fraction of sp³-hybridized carbons (Fsp3) is 0.333. The molecule has 3 aliphatic rings. The number of nitrogens with one attached hydrogen (secondary N) is 1. The van der Waals surface area contributed by atoms with Crippen LogP contribution in [0.1, 0.15) is 12.0 Å². The second kappa shape index (κ2) is 9.78. The van der Waals surface area contributed by atoms with Crippen molar-refractivity contribution >= 4 is 41.0 Å². The first-order valence-corrected chi connectivity index (χ1v) is 12.1. The Labute approximate surface area is 213 Å². The van der Waals surface area contributed by atoms with E-state index in [4.69, 9.17) is 21.1 Å². The molecule has 1 heterocycles. The number of hydrogen-bond donors (Lipinski definition) is 1. The minimum Gasteiger partial charge on any atom is -0.495 e. The number of methoxy groups -OCH3 is 1. The van der Waals surface area contributed by atoms with E-state index in [-0.39, 0.29) is 30.1 Å². The molecule has 2 fully saturated rings. The zero-order valence-corrected chi connectivity index (χ0v) is 20.3. The molecule has 36 heavy (non-hydrogen) atoms. The van der Waals surface area contributed by atoms with Crippen LogP contribution < -0.4 is 10.1 Å². The quantitative estimate of drug-likeness (QED) is 0.333. The lowest BCUT2D eigenvalue weighted by Gasteiger charge is -2.26. The second-order valence-corrected chi connectivity index (χ2v) is 9.69. The van der Waals surface area contributed by atoms with E-state index in [1.54, 1.807) is 12.1 Å². The summed E-state index contributed by atoms with van der Waals surface area (Å²) in [5.74, 6) is -2.53. The van der Waals surface area contributed by atoms with Gasteiger partial charge in [0, 0.05) is 11.4 Å². The number of ether oxygens (including phenoxy) is 2. The molecule has 0 unspecified atom stereocenters. The maximum absolute atomic E-state index is 13.4. The Morgan fingerprint density at radius 2 is 1.72 bits per heavy atom. The van der Waals surface area contributed by atoms with Crippen molar-refractivity contribution < 1.29 is 28.7 Å². The molecular formula is C27H25ClN2O6. The number of carbonyl (C=O) groups excluding carboxylic acids is 4. The van der Waals surface area contributed by atoms with Crippen molar-refractivity contribution in [2.75, 3.05) is 19.0 Å². The highest BCUT2D eigenvalue weighted by Gasteiger charge is 2.61. The average molecular weight is 509 g/mol. The summed E-state index contributed by atoms with van der Waals surface area (Å²) < 4.78 is 10.5. The number of esters is 1. The second-order valence-electron chi connectivity index (χ2n) is 9.25. The van der Waals surface area contributed by atoms with Crippen LogP contribution in [0.15, 0.2) is 60.7 Å². The van der Waals surface area contributed by atoms with Crippen molar-refractivity contribution in [2.24, 2.45) is 23.7 Å². The smallest absolute Gasteiger partial charge is 0.330 e. The van der Waals surface area contributed by atoms with E-state index in [9.17, 15) is 19.2 Å². The molecule has 1 saturated carbocycles. The molecule has 0 aromatic heterocycles. The van der Waals surface area contributed by atoms with Crippen LogP contribution in [-0.2, 0) is 30.3 Å². The minimum atomic E-state index is -1.16. The molecule has 2 aliphatic carbocycles. The van der Waals surface area contributed by atoms with Crippen molar-refractivity contribution in [1.82, 2.24) is 4.90 Å². The van der Waals surface area contributed by atoms with Crippen molar-refractivity contribution in [3.63, 3.8) is 0 Å². The molecule has 1 N–H and O–H groups in total. The lowest BCUT2D eigenvalue weighted by atomic mass is 9.85. The molecule has 2 aromatic carbocycles. The fourth-order valence-corrected chi connectivity index (χ4v) is 5.72. The predicted molar refractivity (Wildman–Crippen MR) is 131 cm³/mol. The number of carbonyl (C=O) groups is 4. The van der Waals surface area contributed by atoms with Gasteiger partial charge in [-0.3, -0.25) is 19.3 Å². The van der Waals surface area contributed by atoms with Gasteiger partial charge in [0.15, 0.2) is 6.61 Å². The summed E-state index contributed by atoms with van der Waals surface area (Å²) in [7, 11) is 1.45. The SMILES string of the molecule is COc1ccc(Cl)cc1NC(=O)COC(=O)[C@H](Cc1ccccc1)N1C(=O)[C@H]2[C@H](C1=O)[C@H]1C=C[C@H]2C1. The number of anilines is 1. The van der Waals surface area contributed by atoms with Gasteiger partial charge in [-0.2, -0.15) is 0 Å². The van der Waals surface area contributed by atoms with E-state index in [1.165, 1.54) is 13.2 Å². The van der Waals surface area contributed by atoms with E-state index >= 15 is 0 Å². The third-order valence-corrected chi connectivity index (χ3v) is 7.38. The Bertz CT molecular complexity index is 1220. The highest BCUT2D eigenvalue weighted by atomic mass is 35.5. The normalized spacial score (nSPS) is 24.6. The van der Waals surface area contributed by atoms with Gasteiger partial charge in [-0.25, -0.2) is 4.79 Å². The predicted octanol–water partition coefficient (Wildman–Crippen LogP) is 3.25. The third kappa shape index (κ3) is 4.37. The van der Waals surface area contributed by atoms with Gasteiger partial charge in [-0.15, -0.1) is 0 Å². The van der Waals surface area contributed by atoms with Crippen LogP contribution >= 0.6 is 11.6 Å². The van der Waals surface area contributed by atoms with Crippen LogP contribution in [0.2, 0.25) is 5.02 Å². The third-order valence-electron chi connectivity index (χ3n) is 7.14. The Balaban J connectivity index is 1.32. The number of likely N-dealkylation sites (tertiary alicyclic amines) is 1. The zero-order chi connectivity index (χ0) is 25.4. The molecule has 1 saturated heterocycles. The number of imide groups is 1. The number of hydrogen-bond acceptors (Lipinski definition) is 6. The molecular weight excluding hydrogens is 484 g/mol.